The number of amides is 1. The van der Waals surface area contributed by atoms with E-state index in [1.807, 2.05) is 0 Å². The highest BCUT2D eigenvalue weighted by Gasteiger charge is 2.16. The summed E-state index contributed by atoms with van der Waals surface area (Å²) >= 11 is 11.7. The van der Waals surface area contributed by atoms with Gasteiger partial charge in [-0.1, -0.05) is 35.3 Å². The van der Waals surface area contributed by atoms with E-state index in [1.54, 1.807) is 12.1 Å². The van der Waals surface area contributed by atoms with Gasteiger partial charge in [0, 0.05) is 5.56 Å². The average molecular weight is 274 g/mol. The zero-order valence-electron chi connectivity index (χ0n) is 8.50. The third kappa shape index (κ3) is 3.33. The van der Waals surface area contributed by atoms with Crippen molar-refractivity contribution in [2.24, 2.45) is 16.6 Å². The molecule has 0 radical (unpaired) electrons. The summed E-state index contributed by atoms with van der Waals surface area (Å²) in [5, 5.41) is 10.9. The molecule has 0 aromatic heterocycles. The van der Waals surface area contributed by atoms with Gasteiger partial charge < -0.3 is 11.5 Å². The Hall–Kier alpha value is -1.79. The van der Waals surface area contributed by atoms with Crippen LogP contribution in [-0.2, 0) is 4.79 Å². The van der Waals surface area contributed by atoms with Gasteiger partial charge in [-0.15, -0.1) is 0 Å². The van der Waals surface area contributed by atoms with Crippen LogP contribution in [0.4, 0.5) is 0 Å². The normalized spacial score (nSPS) is 11.1. The van der Waals surface area contributed by atoms with Crippen LogP contribution in [0, 0.1) is 5.41 Å². The van der Waals surface area contributed by atoms with Gasteiger partial charge in [0.2, 0.25) is 5.96 Å². The van der Waals surface area contributed by atoms with Gasteiger partial charge in [-0.25, -0.2) is 5.43 Å². The molecule has 8 heteroatoms. The monoisotopic (exact) mass is 273 g/mol. The largest absolute Gasteiger partial charge is 0.369 e. The maximum atomic E-state index is 11.2. The van der Waals surface area contributed by atoms with E-state index in [1.165, 1.54) is 6.07 Å². The van der Waals surface area contributed by atoms with E-state index in [2.05, 4.69) is 10.5 Å². The summed E-state index contributed by atoms with van der Waals surface area (Å²) in [5.74, 6) is -1.25. The number of halogens is 2. The van der Waals surface area contributed by atoms with Gasteiger partial charge in [0.25, 0.3) is 5.91 Å². The molecule has 0 saturated heterocycles. The van der Waals surface area contributed by atoms with Crippen LogP contribution in [-0.4, -0.2) is 17.6 Å². The van der Waals surface area contributed by atoms with Crippen LogP contribution in [0.5, 0.6) is 0 Å². The van der Waals surface area contributed by atoms with E-state index in [0.29, 0.717) is 0 Å². The number of guanidine groups is 1. The maximum absolute atomic E-state index is 11.2. The lowest BCUT2D eigenvalue weighted by Crippen LogP contribution is -2.31. The molecule has 1 amide bonds. The molecule has 0 heterocycles. The number of benzene rings is 1. The first-order valence-corrected chi connectivity index (χ1v) is 5.11. The number of nitrogens with zero attached hydrogens (tertiary/aromatic N) is 1. The van der Waals surface area contributed by atoms with Crippen LogP contribution in [0.15, 0.2) is 23.3 Å². The van der Waals surface area contributed by atoms with Crippen molar-refractivity contribution in [2.45, 2.75) is 0 Å². The van der Waals surface area contributed by atoms with Gasteiger partial charge >= 0.3 is 0 Å². The summed E-state index contributed by atoms with van der Waals surface area (Å²) < 4.78 is 0. The zero-order chi connectivity index (χ0) is 13.0. The van der Waals surface area contributed by atoms with Gasteiger partial charge in [0.05, 0.1) is 10.0 Å². The highest BCUT2D eigenvalue weighted by molar-refractivity contribution is 6.51. The first-order valence-electron chi connectivity index (χ1n) is 4.35. The fourth-order valence-electron chi connectivity index (χ4n) is 1.05. The lowest BCUT2D eigenvalue weighted by atomic mass is 10.1. The van der Waals surface area contributed by atoms with Gasteiger partial charge in [-0.2, -0.15) is 5.10 Å². The fraction of sp³-hybridized carbons (Fsp3) is 0. The second kappa shape index (κ2) is 5.51. The first kappa shape index (κ1) is 13.3. The van der Waals surface area contributed by atoms with Crippen LogP contribution in [0.2, 0.25) is 10.0 Å². The van der Waals surface area contributed by atoms with Crippen molar-refractivity contribution in [1.82, 2.24) is 5.43 Å². The molecule has 1 rings (SSSR count). The van der Waals surface area contributed by atoms with Crippen LogP contribution in [0.1, 0.15) is 5.56 Å². The summed E-state index contributed by atoms with van der Waals surface area (Å²) in [6, 6.07) is 4.68. The lowest BCUT2D eigenvalue weighted by molar-refractivity contribution is -0.111. The average Bonchev–Trinajstić information content (AvgIpc) is 2.23. The number of hydrogen-bond acceptors (Lipinski definition) is 3. The molecule has 0 aliphatic carbocycles. The second-order valence-electron chi connectivity index (χ2n) is 2.95. The zero-order valence-corrected chi connectivity index (χ0v) is 10.0. The molecule has 6 nitrogen and oxygen atoms in total. The summed E-state index contributed by atoms with van der Waals surface area (Å²) in [6.45, 7) is 0. The number of primary amides is 1. The molecule has 90 valence electrons. The second-order valence-corrected chi connectivity index (χ2v) is 3.74. The number of hydrogen-bond donors (Lipinski definition) is 4. The van der Waals surface area contributed by atoms with Crippen molar-refractivity contribution in [1.29, 1.82) is 5.41 Å². The highest BCUT2D eigenvalue weighted by atomic mass is 35.5. The van der Waals surface area contributed by atoms with Crippen molar-refractivity contribution in [3.63, 3.8) is 0 Å². The Morgan fingerprint density at radius 2 is 2.00 bits per heavy atom. The van der Waals surface area contributed by atoms with E-state index in [0.717, 1.165) is 0 Å². The minimum absolute atomic E-state index is 0.150. The third-order valence-corrected chi connectivity index (χ3v) is 2.55. The Balaban J connectivity index is 3.24. The number of nitrogens with one attached hydrogen (secondary N) is 2. The van der Waals surface area contributed by atoms with Crippen molar-refractivity contribution < 1.29 is 4.79 Å². The van der Waals surface area contributed by atoms with Crippen LogP contribution in [0.25, 0.3) is 0 Å². The first-order chi connectivity index (χ1) is 7.93. The van der Waals surface area contributed by atoms with E-state index < -0.39 is 11.9 Å². The van der Waals surface area contributed by atoms with Gasteiger partial charge in [-0.3, -0.25) is 10.2 Å². The topological polar surface area (TPSA) is 117 Å². The third-order valence-electron chi connectivity index (χ3n) is 1.73. The Labute approximate surface area is 107 Å². The molecular formula is C9H9Cl2N5O. The lowest BCUT2D eigenvalue weighted by Gasteiger charge is -2.06. The van der Waals surface area contributed by atoms with Crippen molar-refractivity contribution >= 4 is 40.8 Å². The maximum Gasteiger partial charge on any atom is 0.269 e. The number of carbonyl (C=O) groups excluding carboxylic acids is 1. The smallest absolute Gasteiger partial charge is 0.269 e. The SMILES string of the molecule is N=C(N)N/N=C(/C(N)=O)c1cccc(Cl)c1Cl. The minimum atomic E-state index is -0.817. The van der Waals surface area contributed by atoms with Crippen LogP contribution in [0.3, 0.4) is 0 Å². The molecule has 0 atom stereocenters. The van der Waals surface area contributed by atoms with Gasteiger partial charge in [0.1, 0.15) is 0 Å². The van der Waals surface area contributed by atoms with E-state index in [-0.39, 0.29) is 21.3 Å². The summed E-state index contributed by atoms with van der Waals surface area (Å²) in [5.41, 5.74) is 12.4. The highest BCUT2D eigenvalue weighted by Crippen LogP contribution is 2.25. The Morgan fingerprint density at radius 1 is 1.35 bits per heavy atom. The van der Waals surface area contributed by atoms with Crippen molar-refractivity contribution in [3.8, 4) is 0 Å². The number of hydrazone groups is 1. The minimum Gasteiger partial charge on any atom is -0.369 e. The molecule has 1 aromatic rings. The molecule has 0 saturated carbocycles. The van der Waals surface area contributed by atoms with Crippen LogP contribution < -0.4 is 16.9 Å². The fourth-order valence-corrected chi connectivity index (χ4v) is 1.44. The summed E-state index contributed by atoms with van der Waals surface area (Å²) in [4.78, 5) is 11.2. The molecule has 6 N–H and O–H groups in total. The Morgan fingerprint density at radius 3 is 2.53 bits per heavy atom. The summed E-state index contributed by atoms with van der Waals surface area (Å²) in [6.07, 6.45) is 0. The van der Waals surface area contributed by atoms with E-state index in [4.69, 9.17) is 40.1 Å². The molecule has 0 bridgehead atoms. The molecule has 0 fully saturated rings. The summed E-state index contributed by atoms with van der Waals surface area (Å²) in [7, 11) is 0. The van der Waals surface area contributed by atoms with Crippen molar-refractivity contribution in [3.05, 3.63) is 33.8 Å². The number of carbonyl (C=O) groups is 1. The Kier molecular flexibility index (Phi) is 4.30. The van der Waals surface area contributed by atoms with Crippen LogP contribution >= 0.6 is 23.2 Å². The van der Waals surface area contributed by atoms with Crippen molar-refractivity contribution in [2.75, 3.05) is 0 Å². The van der Waals surface area contributed by atoms with E-state index >= 15 is 0 Å². The molecule has 0 aliphatic heterocycles. The van der Waals surface area contributed by atoms with E-state index in [9.17, 15) is 4.79 Å². The molecule has 0 unspecified atom stereocenters. The number of rotatable bonds is 3. The Bertz CT molecular complexity index is 500. The molecule has 0 aliphatic rings. The predicted molar refractivity (Wildman–Crippen MR) is 67.2 cm³/mol. The molecule has 1 aromatic carbocycles. The van der Waals surface area contributed by atoms with Gasteiger partial charge in [0.15, 0.2) is 5.71 Å². The predicted octanol–water partition coefficient (Wildman–Crippen LogP) is 0.666. The number of nitrogens with two attached hydrogens (primary N) is 2. The standard InChI is InChI=1S/C9H9Cl2N5O/c10-5-3-1-2-4(6(5)11)7(8(12)17)15-16-9(13)14/h1-3H,(H2,12,17)(H4,13,14,16)/b15-7+. The van der Waals surface area contributed by atoms with Gasteiger partial charge in [-0.05, 0) is 6.07 Å². The molecule has 0 spiro atoms. The molecular weight excluding hydrogens is 265 g/mol. The molecule has 17 heavy (non-hydrogen) atoms. The quantitative estimate of drug-likeness (QED) is 0.368.